The van der Waals surface area contributed by atoms with E-state index in [0.717, 1.165) is 45.1 Å². The minimum Gasteiger partial charge on any atom is -0.362 e. The van der Waals surface area contributed by atoms with Crippen LogP contribution in [0.5, 0.6) is 0 Å². The van der Waals surface area contributed by atoms with Gasteiger partial charge >= 0.3 is 0 Å². The van der Waals surface area contributed by atoms with E-state index >= 15 is 0 Å². The normalized spacial score (nSPS) is 11.5. The predicted molar refractivity (Wildman–Crippen MR) is 99.6 cm³/mol. The van der Waals surface area contributed by atoms with Gasteiger partial charge in [-0.1, -0.05) is 13.0 Å². The van der Waals surface area contributed by atoms with Crippen molar-refractivity contribution in [2.75, 3.05) is 5.32 Å². The maximum atomic E-state index is 4.76. The zero-order valence-electron chi connectivity index (χ0n) is 14.0. The first kappa shape index (κ1) is 15.1. The molecule has 3 heterocycles. The summed E-state index contributed by atoms with van der Waals surface area (Å²) >= 11 is 1.65. The highest BCUT2D eigenvalue weighted by molar-refractivity contribution is 7.16. The number of hydrogen-bond donors (Lipinski definition) is 1. The van der Waals surface area contributed by atoms with Gasteiger partial charge in [0.2, 0.25) is 0 Å². The average Bonchev–Trinajstić information content (AvgIpc) is 3.17. The van der Waals surface area contributed by atoms with Crippen LogP contribution in [0.25, 0.3) is 21.3 Å². The number of rotatable bonds is 4. The lowest BCUT2D eigenvalue weighted by atomic mass is 10.2. The summed E-state index contributed by atoms with van der Waals surface area (Å²) in [5.74, 6) is 2.75. The number of benzene rings is 1. The molecule has 1 N–H and O–H groups in total. The number of fused-ring (bicyclic) bond motifs is 2. The second-order valence-electron chi connectivity index (χ2n) is 5.91. The lowest BCUT2D eigenvalue weighted by molar-refractivity contribution is 0.830. The number of hydrogen-bond acceptors (Lipinski definition) is 5. The molecule has 24 heavy (non-hydrogen) atoms. The molecule has 0 aliphatic heterocycles. The van der Waals surface area contributed by atoms with E-state index in [0.29, 0.717) is 6.54 Å². The molecule has 0 radical (unpaired) electrons. The fraction of sp³-hybridized carbons (Fsp3) is 0.278. The Morgan fingerprint density at radius 1 is 1.17 bits per heavy atom. The van der Waals surface area contributed by atoms with E-state index in [1.807, 2.05) is 0 Å². The SMILES string of the molecule is CCc1nc(NCc2nc3cc(C)ccc3n2C)c2ccsc2n1. The molecular weight excluding hydrogens is 318 g/mol. The van der Waals surface area contributed by atoms with Gasteiger partial charge in [-0.3, -0.25) is 0 Å². The van der Waals surface area contributed by atoms with E-state index in [1.54, 1.807) is 11.3 Å². The van der Waals surface area contributed by atoms with Crippen molar-refractivity contribution in [1.29, 1.82) is 0 Å². The Morgan fingerprint density at radius 3 is 2.88 bits per heavy atom. The molecule has 1 aromatic carbocycles. The largest absolute Gasteiger partial charge is 0.362 e. The van der Waals surface area contributed by atoms with Crippen molar-refractivity contribution in [2.45, 2.75) is 26.8 Å². The Hall–Kier alpha value is -2.47. The third kappa shape index (κ3) is 2.53. The monoisotopic (exact) mass is 337 g/mol. The van der Waals surface area contributed by atoms with E-state index in [9.17, 15) is 0 Å². The third-order valence-corrected chi connectivity index (χ3v) is 5.04. The average molecular weight is 337 g/mol. The van der Waals surface area contributed by atoms with Crippen molar-refractivity contribution >= 4 is 38.4 Å². The highest BCUT2D eigenvalue weighted by Gasteiger charge is 2.11. The van der Waals surface area contributed by atoms with Crippen molar-refractivity contribution in [3.05, 3.63) is 46.9 Å². The van der Waals surface area contributed by atoms with Gasteiger partial charge in [-0.25, -0.2) is 15.0 Å². The molecule has 6 heteroatoms. The molecule has 0 saturated carbocycles. The molecule has 4 aromatic rings. The highest BCUT2D eigenvalue weighted by Crippen LogP contribution is 2.26. The molecule has 0 fully saturated rings. The number of imidazole rings is 1. The Kier molecular flexibility index (Phi) is 3.69. The standard InChI is InChI=1S/C18H19N5S/c1-4-15-21-17(12-7-8-24-18(12)22-15)19-10-16-20-13-9-11(2)5-6-14(13)23(16)3/h5-9H,4,10H2,1-3H3,(H,19,21,22). The second kappa shape index (κ2) is 5.87. The first-order valence-electron chi connectivity index (χ1n) is 8.05. The predicted octanol–water partition coefficient (Wildman–Crippen LogP) is 4.06. The second-order valence-corrected chi connectivity index (χ2v) is 6.81. The minimum atomic E-state index is 0.634. The van der Waals surface area contributed by atoms with Gasteiger partial charge in [-0.15, -0.1) is 11.3 Å². The van der Waals surface area contributed by atoms with Crippen molar-refractivity contribution in [1.82, 2.24) is 19.5 Å². The van der Waals surface area contributed by atoms with Crippen LogP contribution in [0.15, 0.2) is 29.6 Å². The molecule has 0 amide bonds. The van der Waals surface area contributed by atoms with Crippen LogP contribution < -0.4 is 5.32 Å². The molecule has 0 spiro atoms. The van der Waals surface area contributed by atoms with Crippen molar-refractivity contribution < 1.29 is 0 Å². The molecule has 3 aromatic heterocycles. The van der Waals surface area contributed by atoms with Crippen LogP contribution in [0, 0.1) is 6.92 Å². The number of aromatic nitrogens is 4. The summed E-state index contributed by atoms with van der Waals surface area (Å²) in [6, 6.07) is 8.43. The van der Waals surface area contributed by atoms with Crippen LogP contribution in [-0.4, -0.2) is 19.5 Å². The van der Waals surface area contributed by atoms with Crippen LogP contribution >= 0.6 is 11.3 Å². The van der Waals surface area contributed by atoms with Crippen LogP contribution in [0.4, 0.5) is 5.82 Å². The zero-order chi connectivity index (χ0) is 16.7. The minimum absolute atomic E-state index is 0.634. The van der Waals surface area contributed by atoms with Gasteiger partial charge < -0.3 is 9.88 Å². The van der Waals surface area contributed by atoms with E-state index < -0.39 is 0 Å². The summed E-state index contributed by atoms with van der Waals surface area (Å²) in [6.45, 7) is 4.80. The fourth-order valence-electron chi connectivity index (χ4n) is 2.87. The van der Waals surface area contributed by atoms with Crippen molar-refractivity contribution in [3.63, 3.8) is 0 Å². The summed E-state index contributed by atoms with van der Waals surface area (Å²) in [4.78, 5) is 15.0. The Bertz CT molecular complexity index is 1030. The van der Waals surface area contributed by atoms with Gasteiger partial charge in [0, 0.05) is 13.5 Å². The topological polar surface area (TPSA) is 55.6 Å². The fourth-order valence-corrected chi connectivity index (χ4v) is 3.66. The van der Waals surface area contributed by atoms with Crippen LogP contribution in [0.3, 0.4) is 0 Å². The molecular formula is C18H19N5S. The smallest absolute Gasteiger partial charge is 0.138 e. The van der Waals surface area contributed by atoms with Crippen molar-refractivity contribution in [2.24, 2.45) is 7.05 Å². The zero-order valence-corrected chi connectivity index (χ0v) is 14.8. The Balaban J connectivity index is 1.68. The van der Waals surface area contributed by atoms with Gasteiger partial charge in [0.05, 0.1) is 23.0 Å². The lowest BCUT2D eigenvalue weighted by Crippen LogP contribution is -2.08. The highest BCUT2D eigenvalue weighted by atomic mass is 32.1. The molecule has 0 bridgehead atoms. The summed E-state index contributed by atoms with van der Waals surface area (Å²) in [6.07, 6.45) is 0.827. The molecule has 0 unspecified atom stereocenters. The van der Waals surface area contributed by atoms with Gasteiger partial charge in [0.25, 0.3) is 0 Å². The number of thiophene rings is 1. The van der Waals surface area contributed by atoms with E-state index in [-0.39, 0.29) is 0 Å². The first-order chi connectivity index (χ1) is 11.7. The van der Waals surface area contributed by atoms with Gasteiger partial charge in [0.1, 0.15) is 22.3 Å². The first-order valence-corrected chi connectivity index (χ1v) is 8.93. The molecule has 122 valence electrons. The van der Waals surface area contributed by atoms with Gasteiger partial charge in [0.15, 0.2) is 0 Å². The van der Waals surface area contributed by atoms with Crippen molar-refractivity contribution in [3.8, 4) is 0 Å². The number of nitrogens with zero attached hydrogens (tertiary/aromatic N) is 4. The molecule has 0 aliphatic carbocycles. The van der Waals surface area contributed by atoms with E-state index in [2.05, 4.69) is 70.4 Å². The number of aryl methyl sites for hydroxylation is 3. The van der Waals surface area contributed by atoms with Gasteiger partial charge in [-0.05, 0) is 36.1 Å². The van der Waals surface area contributed by atoms with E-state index in [4.69, 9.17) is 4.98 Å². The summed E-state index contributed by atoms with van der Waals surface area (Å²) in [7, 11) is 2.05. The third-order valence-electron chi connectivity index (χ3n) is 4.23. The van der Waals surface area contributed by atoms with Crippen LogP contribution in [-0.2, 0) is 20.0 Å². The molecule has 0 atom stereocenters. The molecule has 0 saturated heterocycles. The molecule has 4 rings (SSSR count). The molecule has 0 aliphatic rings. The van der Waals surface area contributed by atoms with Gasteiger partial charge in [-0.2, -0.15) is 0 Å². The maximum Gasteiger partial charge on any atom is 0.138 e. The molecule has 5 nitrogen and oxygen atoms in total. The summed E-state index contributed by atoms with van der Waals surface area (Å²) in [5.41, 5.74) is 3.41. The number of nitrogens with one attached hydrogen (secondary N) is 1. The lowest BCUT2D eigenvalue weighted by Gasteiger charge is -2.08. The summed E-state index contributed by atoms with van der Waals surface area (Å²) < 4.78 is 2.13. The van der Waals surface area contributed by atoms with E-state index in [1.165, 1.54) is 5.56 Å². The Morgan fingerprint density at radius 2 is 2.04 bits per heavy atom. The van der Waals surface area contributed by atoms with Crippen LogP contribution in [0.2, 0.25) is 0 Å². The Labute approximate surface area is 144 Å². The quantitative estimate of drug-likeness (QED) is 0.610. The summed E-state index contributed by atoms with van der Waals surface area (Å²) in [5, 5.41) is 6.59. The maximum absolute atomic E-state index is 4.76. The number of anilines is 1. The van der Waals surface area contributed by atoms with Crippen LogP contribution in [0.1, 0.15) is 24.1 Å².